The maximum absolute atomic E-state index is 11.8. The zero-order valence-electron chi connectivity index (χ0n) is 10.9. The maximum Gasteiger partial charge on any atom is 0.212 e. The minimum atomic E-state index is -3.14. The highest BCUT2D eigenvalue weighted by Crippen LogP contribution is 2.34. The van der Waals surface area contributed by atoms with E-state index in [9.17, 15) is 8.42 Å². The van der Waals surface area contributed by atoms with Gasteiger partial charge in [0.05, 0.1) is 5.75 Å². The molecule has 2 N–H and O–H groups in total. The van der Waals surface area contributed by atoms with Gasteiger partial charge in [0, 0.05) is 25.0 Å². The number of benzene rings is 1. The van der Waals surface area contributed by atoms with Gasteiger partial charge in [-0.15, -0.1) is 0 Å². The molecule has 0 heterocycles. The third kappa shape index (κ3) is 3.35. The molecule has 3 rings (SSSR count). The van der Waals surface area contributed by atoms with E-state index in [0.29, 0.717) is 25.0 Å². The molecule has 19 heavy (non-hydrogen) atoms. The van der Waals surface area contributed by atoms with Crippen LogP contribution in [0.3, 0.4) is 0 Å². The predicted molar refractivity (Wildman–Crippen MR) is 75.7 cm³/mol. The number of hydrogen-bond acceptors (Lipinski definition) is 3. The molecule has 0 amide bonds. The van der Waals surface area contributed by atoms with E-state index in [0.717, 1.165) is 6.42 Å². The zero-order chi connectivity index (χ0) is 13.3. The number of hydrogen-bond donors (Lipinski definition) is 2. The van der Waals surface area contributed by atoms with Crippen LogP contribution >= 0.6 is 0 Å². The Morgan fingerprint density at radius 2 is 2.00 bits per heavy atom. The van der Waals surface area contributed by atoms with Crippen molar-refractivity contribution in [3.8, 4) is 0 Å². The van der Waals surface area contributed by atoms with Gasteiger partial charge < -0.3 is 5.32 Å². The van der Waals surface area contributed by atoms with Crippen LogP contribution in [0.4, 0.5) is 0 Å². The van der Waals surface area contributed by atoms with Gasteiger partial charge >= 0.3 is 0 Å². The van der Waals surface area contributed by atoms with Gasteiger partial charge in [0.25, 0.3) is 0 Å². The van der Waals surface area contributed by atoms with Crippen molar-refractivity contribution in [1.29, 1.82) is 0 Å². The molecule has 0 radical (unpaired) electrons. The highest BCUT2D eigenvalue weighted by atomic mass is 32.2. The van der Waals surface area contributed by atoms with Crippen molar-refractivity contribution in [3.05, 3.63) is 35.4 Å². The van der Waals surface area contributed by atoms with Gasteiger partial charge in [-0.05, 0) is 30.4 Å². The Labute approximate surface area is 114 Å². The maximum atomic E-state index is 11.8. The molecule has 0 aromatic heterocycles. The van der Waals surface area contributed by atoms with Crippen LogP contribution in [0.2, 0.25) is 0 Å². The number of sulfonamides is 1. The molecule has 1 aromatic carbocycles. The molecule has 104 valence electrons. The van der Waals surface area contributed by atoms with Crippen molar-refractivity contribution >= 4 is 10.0 Å². The quantitative estimate of drug-likeness (QED) is 0.783. The van der Waals surface area contributed by atoms with Gasteiger partial charge in [-0.3, -0.25) is 0 Å². The highest BCUT2D eigenvalue weighted by Gasteiger charge is 2.26. The molecule has 1 atom stereocenters. The first-order chi connectivity index (χ1) is 9.14. The van der Waals surface area contributed by atoms with Crippen molar-refractivity contribution in [2.75, 3.05) is 18.8 Å². The lowest BCUT2D eigenvalue weighted by Gasteiger charge is -2.30. The Morgan fingerprint density at radius 1 is 1.21 bits per heavy atom. The molecule has 0 spiro atoms. The van der Waals surface area contributed by atoms with Crippen molar-refractivity contribution in [3.63, 3.8) is 0 Å². The largest absolute Gasteiger partial charge is 0.313 e. The first-order valence-electron chi connectivity index (χ1n) is 6.92. The van der Waals surface area contributed by atoms with E-state index >= 15 is 0 Å². The Bertz CT molecular complexity index is 552. The van der Waals surface area contributed by atoms with Crippen LogP contribution in [-0.4, -0.2) is 33.3 Å². The fourth-order valence-corrected chi connectivity index (χ4v) is 3.52. The third-order valence-electron chi connectivity index (χ3n) is 3.89. The van der Waals surface area contributed by atoms with Gasteiger partial charge in [0.15, 0.2) is 0 Å². The SMILES string of the molecule is O=S(=O)(CCNC1CC1)NCC1Cc2ccccc21. The second-order valence-corrected chi connectivity index (χ2v) is 7.42. The summed E-state index contributed by atoms with van der Waals surface area (Å²) in [6.07, 6.45) is 3.36. The Kier molecular flexibility index (Phi) is 3.60. The van der Waals surface area contributed by atoms with Gasteiger partial charge in [0.1, 0.15) is 0 Å². The van der Waals surface area contributed by atoms with E-state index < -0.39 is 10.0 Å². The molecule has 2 aliphatic carbocycles. The number of fused-ring (bicyclic) bond motifs is 1. The molecule has 1 saturated carbocycles. The standard InChI is InChI=1S/C14H20N2O2S/c17-19(18,8-7-15-13-5-6-13)16-10-12-9-11-3-1-2-4-14(11)12/h1-4,12-13,15-16H,5-10H2. The predicted octanol–water partition coefficient (Wildman–Crippen LogP) is 0.998. The van der Waals surface area contributed by atoms with Crippen LogP contribution in [0.15, 0.2) is 24.3 Å². The fourth-order valence-electron chi connectivity index (χ4n) is 2.53. The lowest BCUT2D eigenvalue weighted by atomic mass is 9.78. The van der Waals surface area contributed by atoms with Gasteiger partial charge in [-0.2, -0.15) is 0 Å². The van der Waals surface area contributed by atoms with E-state index in [-0.39, 0.29) is 5.75 Å². The van der Waals surface area contributed by atoms with Crippen LogP contribution in [0.1, 0.15) is 29.9 Å². The molecule has 0 saturated heterocycles. The van der Waals surface area contributed by atoms with Crippen LogP contribution in [0.25, 0.3) is 0 Å². The first kappa shape index (κ1) is 13.1. The van der Waals surface area contributed by atoms with Crippen LogP contribution in [0.5, 0.6) is 0 Å². The summed E-state index contributed by atoms with van der Waals surface area (Å²) in [5.41, 5.74) is 2.64. The monoisotopic (exact) mass is 280 g/mol. The first-order valence-corrected chi connectivity index (χ1v) is 8.58. The number of nitrogens with one attached hydrogen (secondary N) is 2. The van der Waals surface area contributed by atoms with Gasteiger partial charge in [-0.25, -0.2) is 13.1 Å². The van der Waals surface area contributed by atoms with Crippen LogP contribution in [0, 0.1) is 0 Å². The summed E-state index contributed by atoms with van der Waals surface area (Å²) < 4.78 is 26.4. The highest BCUT2D eigenvalue weighted by molar-refractivity contribution is 7.89. The van der Waals surface area contributed by atoms with Crippen molar-refractivity contribution in [1.82, 2.24) is 10.0 Å². The minimum absolute atomic E-state index is 0.178. The summed E-state index contributed by atoms with van der Waals surface area (Å²) in [4.78, 5) is 0. The molecule has 0 bridgehead atoms. The topological polar surface area (TPSA) is 58.2 Å². The summed E-state index contributed by atoms with van der Waals surface area (Å²) in [5, 5.41) is 3.22. The van der Waals surface area contributed by atoms with E-state index in [1.54, 1.807) is 0 Å². The average molecular weight is 280 g/mol. The van der Waals surface area contributed by atoms with Crippen molar-refractivity contribution in [2.45, 2.75) is 31.2 Å². The molecular formula is C14H20N2O2S. The molecule has 1 aromatic rings. The summed E-state index contributed by atoms with van der Waals surface area (Å²) in [6.45, 7) is 1.09. The summed E-state index contributed by atoms with van der Waals surface area (Å²) in [5.74, 6) is 0.528. The second-order valence-electron chi connectivity index (χ2n) is 5.50. The Morgan fingerprint density at radius 3 is 2.74 bits per heavy atom. The zero-order valence-corrected chi connectivity index (χ0v) is 11.7. The normalized spacial score (nSPS) is 21.8. The summed E-state index contributed by atoms with van der Waals surface area (Å²) in [7, 11) is -3.14. The van der Waals surface area contributed by atoms with E-state index in [1.807, 2.05) is 12.1 Å². The average Bonchev–Trinajstić information content (AvgIpc) is 3.14. The van der Waals surface area contributed by atoms with E-state index in [4.69, 9.17) is 0 Å². The second kappa shape index (κ2) is 5.23. The van der Waals surface area contributed by atoms with Crippen LogP contribution in [-0.2, 0) is 16.4 Å². The lowest BCUT2D eigenvalue weighted by molar-refractivity contribution is 0.549. The number of rotatable bonds is 7. The molecule has 1 unspecified atom stereocenters. The van der Waals surface area contributed by atoms with E-state index in [2.05, 4.69) is 22.2 Å². The lowest BCUT2D eigenvalue weighted by Crippen LogP contribution is -2.37. The smallest absolute Gasteiger partial charge is 0.212 e. The fraction of sp³-hybridized carbons (Fsp3) is 0.571. The molecule has 0 aliphatic heterocycles. The summed E-state index contributed by atoms with van der Waals surface area (Å²) in [6, 6.07) is 8.81. The van der Waals surface area contributed by atoms with Crippen molar-refractivity contribution < 1.29 is 8.42 Å². The van der Waals surface area contributed by atoms with Crippen molar-refractivity contribution in [2.24, 2.45) is 0 Å². The van der Waals surface area contributed by atoms with Gasteiger partial charge in [-0.1, -0.05) is 24.3 Å². The Hall–Kier alpha value is -0.910. The molecule has 5 heteroatoms. The van der Waals surface area contributed by atoms with Crippen LogP contribution < -0.4 is 10.0 Å². The Balaban J connectivity index is 1.44. The minimum Gasteiger partial charge on any atom is -0.313 e. The summed E-state index contributed by atoms with van der Waals surface area (Å²) >= 11 is 0. The van der Waals surface area contributed by atoms with Gasteiger partial charge in [0.2, 0.25) is 10.0 Å². The molecule has 2 aliphatic rings. The van der Waals surface area contributed by atoms with E-state index in [1.165, 1.54) is 24.0 Å². The molecular weight excluding hydrogens is 260 g/mol. The molecule has 1 fully saturated rings. The molecule has 4 nitrogen and oxygen atoms in total. The third-order valence-corrected chi connectivity index (χ3v) is 5.24.